The van der Waals surface area contributed by atoms with Crippen molar-refractivity contribution in [2.45, 2.75) is 45.3 Å². The first-order valence-corrected chi connectivity index (χ1v) is 12.4. The van der Waals surface area contributed by atoms with E-state index in [-0.39, 0.29) is 31.0 Å². The molecule has 184 valence electrons. The van der Waals surface area contributed by atoms with E-state index in [9.17, 15) is 9.59 Å². The van der Waals surface area contributed by atoms with E-state index in [1.807, 2.05) is 62.4 Å². The molecule has 0 aromatic heterocycles. The van der Waals surface area contributed by atoms with Crippen LogP contribution in [0.2, 0.25) is 10.0 Å². The van der Waals surface area contributed by atoms with E-state index in [1.54, 1.807) is 35.2 Å². The first kappa shape index (κ1) is 26.6. The van der Waals surface area contributed by atoms with E-state index < -0.39 is 6.04 Å². The average Bonchev–Trinajstić information content (AvgIpc) is 2.87. The molecular formula is C28H30Cl2N2O3. The van der Waals surface area contributed by atoms with Crippen LogP contribution >= 0.6 is 23.2 Å². The molecule has 0 radical (unpaired) electrons. The van der Waals surface area contributed by atoms with Gasteiger partial charge in [-0.05, 0) is 54.8 Å². The summed E-state index contributed by atoms with van der Waals surface area (Å²) in [5.74, 6) is -0.0145. The molecule has 3 aromatic rings. The highest BCUT2D eigenvalue weighted by Crippen LogP contribution is 2.21. The van der Waals surface area contributed by atoms with Gasteiger partial charge in [-0.25, -0.2) is 0 Å². The van der Waals surface area contributed by atoms with E-state index >= 15 is 0 Å². The average molecular weight is 513 g/mol. The Labute approximate surface area is 217 Å². The highest BCUT2D eigenvalue weighted by molar-refractivity contribution is 6.31. The van der Waals surface area contributed by atoms with Gasteiger partial charge in [0.15, 0.2) is 6.61 Å². The zero-order valence-corrected chi connectivity index (χ0v) is 21.4. The van der Waals surface area contributed by atoms with Crippen molar-refractivity contribution in [2.24, 2.45) is 0 Å². The second-order valence-corrected chi connectivity index (χ2v) is 9.22. The summed E-state index contributed by atoms with van der Waals surface area (Å²) in [6.07, 6.45) is 1.14. The van der Waals surface area contributed by atoms with Crippen molar-refractivity contribution in [1.82, 2.24) is 10.2 Å². The fourth-order valence-corrected chi connectivity index (χ4v) is 3.89. The molecule has 5 nitrogen and oxygen atoms in total. The lowest BCUT2D eigenvalue weighted by Crippen LogP contribution is -2.53. The Hall–Kier alpha value is -3.02. The van der Waals surface area contributed by atoms with Crippen LogP contribution in [0.3, 0.4) is 0 Å². The predicted octanol–water partition coefficient (Wildman–Crippen LogP) is 5.93. The van der Waals surface area contributed by atoms with Crippen molar-refractivity contribution >= 4 is 35.0 Å². The number of hydrogen-bond donors (Lipinski definition) is 1. The Kier molecular flexibility index (Phi) is 10.0. The van der Waals surface area contributed by atoms with Crippen LogP contribution in [0, 0.1) is 0 Å². The number of benzene rings is 3. The lowest BCUT2D eigenvalue weighted by molar-refractivity contribution is -0.143. The molecule has 0 fully saturated rings. The Bertz CT molecular complexity index is 1110. The first-order valence-electron chi connectivity index (χ1n) is 11.6. The summed E-state index contributed by atoms with van der Waals surface area (Å²) in [5, 5.41) is 4.15. The normalized spacial score (nSPS) is 12.5. The fraction of sp³-hybridized carbons (Fsp3) is 0.286. The van der Waals surface area contributed by atoms with Crippen LogP contribution in [0.4, 0.5) is 0 Å². The van der Waals surface area contributed by atoms with Gasteiger partial charge in [0.25, 0.3) is 5.91 Å². The fourth-order valence-electron chi connectivity index (χ4n) is 3.56. The number of hydrogen-bond acceptors (Lipinski definition) is 3. The molecule has 2 atom stereocenters. The zero-order valence-electron chi connectivity index (χ0n) is 19.9. The molecule has 7 heteroatoms. The summed E-state index contributed by atoms with van der Waals surface area (Å²) >= 11 is 12.4. The third-order valence-electron chi connectivity index (χ3n) is 5.75. The summed E-state index contributed by atoms with van der Waals surface area (Å²) in [4.78, 5) is 28.6. The van der Waals surface area contributed by atoms with E-state index in [0.29, 0.717) is 22.2 Å². The second kappa shape index (κ2) is 13.2. The molecule has 0 aliphatic rings. The quantitative estimate of drug-likeness (QED) is 0.346. The highest BCUT2D eigenvalue weighted by atomic mass is 35.5. The van der Waals surface area contributed by atoms with Crippen molar-refractivity contribution in [3.63, 3.8) is 0 Å². The van der Waals surface area contributed by atoms with E-state index in [4.69, 9.17) is 27.9 Å². The molecule has 0 spiro atoms. The van der Waals surface area contributed by atoms with Crippen molar-refractivity contribution in [2.75, 3.05) is 6.61 Å². The van der Waals surface area contributed by atoms with Crippen molar-refractivity contribution < 1.29 is 14.3 Å². The van der Waals surface area contributed by atoms with Crippen LogP contribution in [0.5, 0.6) is 5.75 Å². The van der Waals surface area contributed by atoms with Gasteiger partial charge in [0.1, 0.15) is 11.8 Å². The number of nitrogens with zero attached hydrogens (tertiary/aromatic N) is 1. The maximum absolute atomic E-state index is 13.5. The van der Waals surface area contributed by atoms with Gasteiger partial charge in [-0.3, -0.25) is 9.59 Å². The standard InChI is InChI=1S/C28H30Cl2N2O3/c1-3-20(2)31-28(34)26(17-21-9-5-4-6-10-21)32(18-22-11-7-8-12-25(22)30)27(33)19-35-24-15-13-23(29)14-16-24/h4-16,20,26H,3,17-19H2,1-2H3,(H,31,34). The van der Waals surface area contributed by atoms with Crippen LogP contribution in [0.1, 0.15) is 31.4 Å². The monoisotopic (exact) mass is 512 g/mol. The minimum Gasteiger partial charge on any atom is -0.484 e. The smallest absolute Gasteiger partial charge is 0.261 e. The molecule has 0 bridgehead atoms. The molecule has 1 N–H and O–H groups in total. The third-order valence-corrected chi connectivity index (χ3v) is 6.37. The van der Waals surface area contributed by atoms with Crippen molar-refractivity contribution in [3.05, 3.63) is 100 Å². The molecule has 0 aliphatic heterocycles. The maximum atomic E-state index is 13.5. The number of ether oxygens (including phenoxy) is 1. The lowest BCUT2D eigenvalue weighted by atomic mass is 10.0. The zero-order chi connectivity index (χ0) is 25.2. The Balaban J connectivity index is 1.91. The number of carbonyl (C=O) groups is 2. The minimum absolute atomic E-state index is 0.0247. The van der Waals surface area contributed by atoms with Crippen LogP contribution in [-0.4, -0.2) is 35.4 Å². The minimum atomic E-state index is -0.746. The van der Waals surface area contributed by atoms with Crippen LogP contribution < -0.4 is 10.1 Å². The summed E-state index contributed by atoms with van der Waals surface area (Å²) < 4.78 is 5.74. The van der Waals surface area contributed by atoms with Gasteiger partial charge in [0.2, 0.25) is 5.91 Å². The number of carbonyl (C=O) groups excluding carboxylic acids is 2. The SMILES string of the molecule is CCC(C)NC(=O)C(Cc1ccccc1)N(Cc1ccccc1Cl)C(=O)COc1ccc(Cl)cc1. The molecular weight excluding hydrogens is 483 g/mol. The Morgan fingerprint density at radius 1 is 0.943 bits per heavy atom. The predicted molar refractivity (Wildman–Crippen MR) is 141 cm³/mol. The van der Waals surface area contributed by atoms with Crippen LogP contribution in [-0.2, 0) is 22.6 Å². The summed E-state index contributed by atoms with van der Waals surface area (Å²) in [6.45, 7) is 3.90. The topological polar surface area (TPSA) is 58.6 Å². The highest BCUT2D eigenvalue weighted by Gasteiger charge is 2.31. The Morgan fingerprint density at radius 2 is 1.60 bits per heavy atom. The number of amides is 2. The molecule has 0 heterocycles. The van der Waals surface area contributed by atoms with Gasteiger partial charge in [0.05, 0.1) is 0 Å². The first-order chi connectivity index (χ1) is 16.9. The molecule has 2 amide bonds. The molecule has 0 saturated carbocycles. The number of halogens is 2. The molecule has 2 unspecified atom stereocenters. The summed E-state index contributed by atoms with van der Waals surface area (Å²) in [5.41, 5.74) is 1.70. The van der Waals surface area contributed by atoms with Crippen LogP contribution in [0.15, 0.2) is 78.9 Å². The molecule has 3 aromatic carbocycles. The molecule has 0 saturated heterocycles. The Morgan fingerprint density at radius 3 is 2.26 bits per heavy atom. The number of nitrogens with one attached hydrogen (secondary N) is 1. The lowest BCUT2D eigenvalue weighted by Gasteiger charge is -2.32. The van der Waals surface area contributed by atoms with Crippen molar-refractivity contribution in [1.29, 1.82) is 0 Å². The summed E-state index contributed by atoms with van der Waals surface area (Å²) in [6, 6.07) is 23.0. The van der Waals surface area contributed by atoms with E-state index in [2.05, 4.69) is 5.32 Å². The summed E-state index contributed by atoms with van der Waals surface area (Å²) in [7, 11) is 0. The van der Waals surface area contributed by atoms with E-state index in [1.165, 1.54) is 0 Å². The van der Waals surface area contributed by atoms with Crippen LogP contribution in [0.25, 0.3) is 0 Å². The van der Waals surface area contributed by atoms with E-state index in [0.717, 1.165) is 17.5 Å². The van der Waals surface area contributed by atoms with Gasteiger partial charge < -0.3 is 15.0 Å². The van der Waals surface area contributed by atoms with Gasteiger partial charge in [-0.15, -0.1) is 0 Å². The second-order valence-electron chi connectivity index (χ2n) is 8.38. The molecule has 35 heavy (non-hydrogen) atoms. The molecule has 0 aliphatic carbocycles. The maximum Gasteiger partial charge on any atom is 0.261 e. The van der Waals surface area contributed by atoms with Crippen molar-refractivity contribution in [3.8, 4) is 5.75 Å². The number of rotatable bonds is 11. The van der Waals surface area contributed by atoms with Gasteiger partial charge in [-0.1, -0.05) is 78.7 Å². The van der Waals surface area contributed by atoms with Gasteiger partial charge >= 0.3 is 0 Å². The van der Waals surface area contributed by atoms with Gasteiger partial charge in [-0.2, -0.15) is 0 Å². The largest absolute Gasteiger partial charge is 0.484 e. The molecule has 3 rings (SSSR count). The third kappa shape index (κ3) is 8.01. The van der Waals surface area contributed by atoms with Gasteiger partial charge in [0, 0.05) is 29.1 Å².